The van der Waals surface area contributed by atoms with E-state index in [1.165, 1.54) is 4.57 Å². The fourth-order valence-corrected chi connectivity index (χ4v) is 5.21. The van der Waals surface area contributed by atoms with Crippen molar-refractivity contribution in [2.75, 3.05) is 31.1 Å². The first-order chi connectivity index (χ1) is 18.5. The molecule has 38 heavy (non-hydrogen) atoms. The van der Waals surface area contributed by atoms with Crippen molar-refractivity contribution in [3.63, 3.8) is 0 Å². The minimum atomic E-state index is -0.571. The van der Waals surface area contributed by atoms with E-state index in [4.69, 9.17) is 0 Å². The molecule has 0 radical (unpaired) electrons. The SMILES string of the molecule is CC#CCn1c(N2CCCNCC2)c(C#N)c2c1c(=O)n(Cc1c(C#N)ncc3ccccc13)c(=O)n2C. The highest BCUT2D eigenvalue weighted by molar-refractivity contribution is 5.90. The molecule has 1 aromatic carbocycles. The van der Waals surface area contributed by atoms with E-state index in [-0.39, 0.29) is 29.9 Å². The number of benzene rings is 1. The van der Waals surface area contributed by atoms with Gasteiger partial charge in [0.25, 0.3) is 5.56 Å². The summed E-state index contributed by atoms with van der Waals surface area (Å²) in [6, 6.07) is 11.8. The molecule has 190 valence electrons. The lowest BCUT2D eigenvalue weighted by Gasteiger charge is -2.24. The molecule has 1 aliphatic rings. The van der Waals surface area contributed by atoms with Gasteiger partial charge in [0.1, 0.15) is 34.7 Å². The van der Waals surface area contributed by atoms with Gasteiger partial charge in [-0.2, -0.15) is 10.5 Å². The number of aromatic nitrogens is 4. The van der Waals surface area contributed by atoms with Gasteiger partial charge in [0.2, 0.25) is 0 Å². The first kappa shape index (κ1) is 24.8. The van der Waals surface area contributed by atoms with Crippen LogP contribution in [0.2, 0.25) is 0 Å². The Morgan fingerprint density at radius 3 is 2.63 bits per heavy atom. The lowest BCUT2D eigenvalue weighted by molar-refractivity contribution is 0.655. The van der Waals surface area contributed by atoms with Gasteiger partial charge in [0.05, 0.1) is 18.6 Å². The van der Waals surface area contributed by atoms with Crippen molar-refractivity contribution in [2.24, 2.45) is 7.05 Å². The second-order valence-corrected chi connectivity index (χ2v) is 9.13. The third kappa shape index (κ3) is 4.00. The second kappa shape index (κ2) is 10.3. The van der Waals surface area contributed by atoms with Crippen molar-refractivity contribution in [3.05, 3.63) is 68.1 Å². The summed E-state index contributed by atoms with van der Waals surface area (Å²) in [5, 5.41) is 24.9. The van der Waals surface area contributed by atoms with Crippen LogP contribution in [0.1, 0.15) is 30.2 Å². The molecule has 1 N–H and O–H groups in total. The van der Waals surface area contributed by atoms with Crippen LogP contribution in [0.15, 0.2) is 40.1 Å². The molecule has 1 fully saturated rings. The first-order valence-electron chi connectivity index (χ1n) is 12.4. The molecule has 0 spiro atoms. The number of nitrogens with one attached hydrogen (secondary N) is 1. The maximum absolute atomic E-state index is 14.1. The Morgan fingerprint density at radius 1 is 1.05 bits per heavy atom. The molecular formula is C28H26N8O2. The third-order valence-corrected chi connectivity index (χ3v) is 7.00. The van der Waals surface area contributed by atoms with Gasteiger partial charge in [0.15, 0.2) is 0 Å². The molecule has 10 nitrogen and oxygen atoms in total. The van der Waals surface area contributed by atoms with Crippen LogP contribution in [-0.2, 0) is 20.1 Å². The van der Waals surface area contributed by atoms with Crippen LogP contribution in [0.5, 0.6) is 0 Å². The maximum Gasteiger partial charge on any atom is 0.331 e. The Balaban J connectivity index is 1.83. The zero-order chi connectivity index (χ0) is 26.8. The fourth-order valence-electron chi connectivity index (χ4n) is 5.21. The molecule has 4 heterocycles. The summed E-state index contributed by atoms with van der Waals surface area (Å²) in [5.41, 5.74) is 0.362. The molecule has 0 amide bonds. The Kier molecular flexibility index (Phi) is 6.70. The lowest BCUT2D eigenvalue weighted by atomic mass is 10.0. The Morgan fingerprint density at radius 2 is 1.87 bits per heavy atom. The van der Waals surface area contributed by atoms with Gasteiger partial charge in [-0.05, 0) is 25.3 Å². The van der Waals surface area contributed by atoms with Crippen molar-refractivity contribution in [1.29, 1.82) is 10.5 Å². The van der Waals surface area contributed by atoms with Gasteiger partial charge in [-0.3, -0.25) is 13.9 Å². The number of aryl methyl sites for hydroxylation is 1. The van der Waals surface area contributed by atoms with Crippen molar-refractivity contribution < 1.29 is 0 Å². The molecule has 10 heteroatoms. The minimum Gasteiger partial charge on any atom is -0.355 e. The van der Waals surface area contributed by atoms with E-state index in [0.29, 0.717) is 30.0 Å². The van der Waals surface area contributed by atoms with Gasteiger partial charge in [-0.15, -0.1) is 5.92 Å². The normalized spacial score (nSPS) is 13.5. The summed E-state index contributed by atoms with van der Waals surface area (Å²) >= 11 is 0. The smallest absolute Gasteiger partial charge is 0.331 e. The van der Waals surface area contributed by atoms with Crippen LogP contribution >= 0.6 is 0 Å². The van der Waals surface area contributed by atoms with Crippen LogP contribution in [0.3, 0.4) is 0 Å². The fraction of sp³-hybridized carbons (Fsp3) is 0.321. The number of pyridine rings is 1. The lowest BCUT2D eigenvalue weighted by Crippen LogP contribution is -2.40. The maximum atomic E-state index is 14.1. The number of rotatable bonds is 4. The van der Waals surface area contributed by atoms with E-state index in [0.717, 1.165) is 34.8 Å². The van der Waals surface area contributed by atoms with Crippen LogP contribution in [0.25, 0.3) is 21.8 Å². The monoisotopic (exact) mass is 506 g/mol. The second-order valence-electron chi connectivity index (χ2n) is 9.13. The number of anilines is 1. The topological polar surface area (TPSA) is 125 Å². The summed E-state index contributed by atoms with van der Waals surface area (Å²) in [7, 11) is 1.57. The van der Waals surface area contributed by atoms with Gasteiger partial charge in [0, 0.05) is 43.8 Å². The van der Waals surface area contributed by atoms with Gasteiger partial charge < -0.3 is 14.8 Å². The van der Waals surface area contributed by atoms with Crippen molar-refractivity contribution in [2.45, 2.75) is 26.4 Å². The van der Waals surface area contributed by atoms with E-state index >= 15 is 0 Å². The number of nitriles is 2. The van der Waals surface area contributed by atoms with Crippen LogP contribution in [-0.4, -0.2) is 44.9 Å². The third-order valence-electron chi connectivity index (χ3n) is 7.00. The predicted octanol–water partition coefficient (Wildman–Crippen LogP) is 1.66. The standard InChI is InChI=1S/C28H26N8O2/c1-3-4-13-35-25-24(21(15-29)26(35)34-12-7-10-31-11-14-34)33(2)28(38)36(27(25)37)18-22-20-9-6-5-8-19(20)17-32-23(22)16-30/h5-6,8-9,17,31H,7,10-14,18H2,1-2H3. The summed E-state index contributed by atoms with van der Waals surface area (Å²) in [5.74, 6) is 6.51. The molecule has 0 unspecified atom stereocenters. The molecule has 1 saturated heterocycles. The van der Waals surface area contributed by atoms with E-state index in [1.54, 1.807) is 24.7 Å². The number of hydrogen-bond donors (Lipinski definition) is 1. The first-order valence-corrected chi connectivity index (χ1v) is 12.4. The molecular weight excluding hydrogens is 480 g/mol. The van der Waals surface area contributed by atoms with Crippen LogP contribution in [0.4, 0.5) is 5.82 Å². The summed E-state index contributed by atoms with van der Waals surface area (Å²) < 4.78 is 4.24. The highest BCUT2D eigenvalue weighted by atomic mass is 16.2. The molecule has 5 rings (SSSR count). The highest BCUT2D eigenvalue weighted by Gasteiger charge is 2.28. The van der Waals surface area contributed by atoms with Gasteiger partial charge in [-0.1, -0.05) is 30.2 Å². The van der Waals surface area contributed by atoms with E-state index in [9.17, 15) is 20.1 Å². The van der Waals surface area contributed by atoms with E-state index in [2.05, 4.69) is 39.2 Å². The van der Waals surface area contributed by atoms with Crippen LogP contribution < -0.4 is 21.5 Å². The molecule has 0 atom stereocenters. The Labute approximate surface area is 219 Å². The Hall–Kier alpha value is -4.85. The summed E-state index contributed by atoms with van der Waals surface area (Å²) in [4.78, 5) is 34.1. The highest BCUT2D eigenvalue weighted by Crippen LogP contribution is 2.31. The minimum absolute atomic E-state index is 0.131. The zero-order valence-electron chi connectivity index (χ0n) is 21.3. The van der Waals surface area contributed by atoms with Crippen LogP contribution in [0, 0.1) is 34.5 Å². The van der Waals surface area contributed by atoms with Crippen molar-refractivity contribution >= 4 is 27.6 Å². The average molecular weight is 507 g/mol. The largest absolute Gasteiger partial charge is 0.355 e. The molecule has 0 saturated carbocycles. The molecule has 4 aromatic rings. The van der Waals surface area contributed by atoms with E-state index < -0.39 is 11.2 Å². The van der Waals surface area contributed by atoms with Gasteiger partial charge in [-0.25, -0.2) is 9.78 Å². The zero-order valence-corrected chi connectivity index (χ0v) is 21.3. The number of hydrogen-bond acceptors (Lipinski definition) is 7. The van der Waals surface area contributed by atoms with Crippen molar-refractivity contribution in [3.8, 4) is 24.0 Å². The van der Waals surface area contributed by atoms with E-state index in [1.807, 2.05) is 24.3 Å². The molecule has 1 aliphatic heterocycles. The predicted molar refractivity (Wildman–Crippen MR) is 145 cm³/mol. The van der Waals surface area contributed by atoms with Gasteiger partial charge >= 0.3 is 5.69 Å². The number of nitrogens with zero attached hydrogens (tertiary/aromatic N) is 7. The molecule has 0 aliphatic carbocycles. The Bertz CT molecular complexity index is 1830. The number of fused-ring (bicyclic) bond motifs is 2. The molecule has 3 aromatic heterocycles. The molecule has 0 bridgehead atoms. The average Bonchev–Trinajstić information content (AvgIpc) is 3.06. The quantitative estimate of drug-likeness (QED) is 0.418. The van der Waals surface area contributed by atoms with Crippen molar-refractivity contribution in [1.82, 2.24) is 24.0 Å². The summed E-state index contributed by atoms with van der Waals surface area (Å²) in [6.45, 7) is 4.73. The summed E-state index contributed by atoms with van der Waals surface area (Å²) in [6.07, 6.45) is 2.48.